The van der Waals surface area contributed by atoms with Gasteiger partial charge in [-0.2, -0.15) is 0 Å². The van der Waals surface area contributed by atoms with Crippen molar-refractivity contribution in [2.24, 2.45) is 4.99 Å². The molecule has 0 fully saturated rings. The first kappa shape index (κ1) is 27.9. The van der Waals surface area contributed by atoms with Crippen LogP contribution in [-0.2, 0) is 11.3 Å². The van der Waals surface area contributed by atoms with E-state index in [2.05, 4.69) is 32.6 Å². The van der Waals surface area contributed by atoms with Crippen LogP contribution in [-0.4, -0.2) is 76.5 Å². The summed E-state index contributed by atoms with van der Waals surface area (Å²) < 4.78 is 16.3. The lowest BCUT2D eigenvalue weighted by Crippen LogP contribution is -2.40. The van der Waals surface area contributed by atoms with Gasteiger partial charge in [-0.15, -0.1) is 24.0 Å². The largest absolute Gasteiger partial charge is 0.490 e. The molecule has 0 aliphatic rings. The first-order chi connectivity index (χ1) is 15.2. The standard InChI is InChI=1S/C23H35N5O3.HI/c1-24-23(25-12-14-28(2)13-7-15-29-3)27-19-20-10-11-22(26-18-20)31-17-16-30-21-8-5-4-6-9-21;/h4-6,8-11,18H,7,12-17,19H2,1-3H3,(H2,24,25,27);1H. The van der Waals surface area contributed by atoms with E-state index in [1.807, 2.05) is 42.5 Å². The minimum atomic E-state index is 0. The normalized spacial score (nSPS) is 11.1. The number of para-hydroxylation sites is 1. The number of pyridine rings is 1. The van der Waals surface area contributed by atoms with Gasteiger partial charge in [-0.25, -0.2) is 4.98 Å². The Balaban J connectivity index is 0.00000512. The van der Waals surface area contributed by atoms with Gasteiger partial charge in [-0.1, -0.05) is 24.3 Å². The summed E-state index contributed by atoms with van der Waals surface area (Å²) in [6.07, 6.45) is 2.84. The molecule has 0 aliphatic carbocycles. The fourth-order valence-corrected chi connectivity index (χ4v) is 2.79. The lowest BCUT2D eigenvalue weighted by atomic mass is 10.3. The average Bonchev–Trinajstić information content (AvgIpc) is 2.80. The Bertz CT molecular complexity index is 747. The van der Waals surface area contributed by atoms with E-state index in [1.165, 1.54) is 0 Å². The summed E-state index contributed by atoms with van der Waals surface area (Å²) in [5.74, 6) is 2.18. The third kappa shape index (κ3) is 12.1. The van der Waals surface area contributed by atoms with E-state index >= 15 is 0 Å². The molecular weight excluding hydrogens is 521 g/mol. The van der Waals surface area contributed by atoms with Crippen molar-refractivity contribution >= 4 is 29.9 Å². The number of nitrogens with one attached hydrogen (secondary N) is 2. The average molecular weight is 557 g/mol. The Morgan fingerprint density at radius 2 is 1.78 bits per heavy atom. The highest BCUT2D eigenvalue weighted by atomic mass is 127. The van der Waals surface area contributed by atoms with Crippen LogP contribution in [0.15, 0.2) is 53.7 Å². The van der Waals surface area contributed by atoms with E-state index in [9.17, 15) is 0 Å². The maximum atomic E-state index is 5.64. The van der Waals surface area contributed by atoms with E-state index in [-0.39, 0.29) is 24.0 Å². The van der Waals surface area contributed by atoms with Crippen molar-refractivity contribution in [3.63, 3.8) is 0 Å². The number of guanidine groups is 1. The third-order valence-corrected chi connectivity index (χ3v) is 4.50. The number of likely N-dealkylation sites (N-methyl/N-ethyl adjacent to an activating group) is 1. The van der Waals surface area contributed by atoms with Crippen molar-refractivity contribution in [1.82, 2.24) is 20.5 Å². The topological polar surface area (TPSA) is 80.2 Å². The molecule has 1 aromatic carbocycles. The number of halogens is 1. The van der Waals surface area contributed by atoms with Crippen LogP contribution in [0.5, 0.6) is 11.6 Å². The molecule has 1 heterocycles. The zero-order valence-corrected chi connectivity index (χ0v) is 21.6. The molecular formula is C23H36IN5O3. The molecule has 0 atom stereocenters. The minimum absolute atomic E-state index is 0. The molecule has 0 amide bonds. The van der Waals surface area contributed by atoms with E-state index in [0.29, 0.717) is 25.6 Å². The molecule has 2 rings (SSSR count). The Morgan fingerprint density at radius 1 is 1.00 bits per heavy atom. The molecule has 0 radical (unpaired) electrons. The number of nitrogens with zero attached hydrogens (tertiary/aromatic N) is 3. The monoisotopic (exact) mass is 557 g/mol. The first-order valence-electron chi connectivity index (χ1n) is 10.6. The molecule has 0 bridgehead atoms. The molecule has 178 valence electrons. The fourth-order valence-electron chi connectivity index (χ4n) is 2.79. The van der Waals surface area contributed by atoms with Crippen LogP contribution in [0.1, 0.15) is 12.0 Å². The second-order valence-electron chi connectivity index (χ2n) is 7.02. The highest BCUT2D eigenvalue weighted by Crippen LogP contribution is 2.09. The molecule has 0 saturated carbocycles. The molecule has 8 nitrogen and oxygen atoms in total. The van der Waals surface area contributed by atoms with Gasteiger partial charge >= 0.3 is 0 Å². The molecule has 0 aliphatic heterocycles. The molecule has 0 unspecified atom stereocenters. The maximum Gasteiger partial charge on any atom is 0.213 e. The van der Waals surface area contributed by atoms with Gasteiger partial charge in [0.2, 0.25) is 5.88 Å². The minimum Gasteiger partial charge on any atom is -0.490 e. The molecule has 2 N–H and O–H groups in total. The molecule has 9 heteroatoms. The zero-order valence-electron chi connectivity index (χ0n) is 19.3. The zero-order chi connectivity index (χ0) is 22.2. The number of benzene rings is 1. The molecule has 2 aromatic rings. The summed E-state index contributed by atoms with van der Waals surface area (Å²) in [5, 5.41) is 6.63. The third-order valence-electron chi connectivity index (χ3n) is 4.50. The van der Waals surface area contributed by atoms with Crippen LogP contribution < -0.4 is 20.1 Å². The van der Waals surface area contributed by atoms with E-state index in [1.54, 1.807) is 20.4 Å². The number of rotatable bonds is 14. The lowest BCUT2D eigenvalue weighted by molar-refractivity contribution is 0.180. The van der Waals surface area contributed by atoms with Gasteiger partial charge in [0.1, 0.15) is 19.0 Å². The smallest absolute Gasteiger partial charge is 0.213 e. The lowest BCUT2D eigenvalue weighted by Gasteiger charge is -2.18. The highest BCUT2D eigenvalue weighted by Gasteiger charge is 2.02. The Morgan fingerprint density at radius 3 is 2.47 bits per heavy atom. The van der Waals surface area contributed by atoms with Crippen molar-refractivity contribution in [2.45, 2.75) is 13.0 Å². The van der Waals surface area contributed by atoms with E-state index in [0.717, 1.165) is 49.9 Å². The summed E-state index contributed by atoms with van der Waals surface area (Å²) in [5.41, 5.74) is 1.05. The van der Waals surface area contributed by atoms with Crippen LogP contribution in [0.25, 0.3) is 0 Å². The van der Waals surface area contributed by atoms with Crippen molar-refractivity contribution in [3.8, 4) is 11.6 Å². The van der Waals surface area contributed by atoms with Gasteiger partial charge in [-0.05, 0) is 31.2 Å². The van der Waals surface area contributed by atoms with Gasteiger partial charge in [0, 0.05) is 59.2 Å². The summed E-state index contributed by atoms with van der Waals surface area (Å²) in [6, 6.07) is 13.5. The van der Waals surface area contributed by atoms with Gasteiger partial charge in [0.15, 0.2) is 5.96 Å². The highest BCUT2D eigenvalue weighted by molar-refractivity contribution is 14.0. The van der Waals surface area contributed by atoms with E-state index in [4.69, 9.17) is 14.2 Å². The van der Waals surface area contributed by atoms with Crippen molar-refractivity contribution in [3.05, 3.63) is 54.2 Å². The molecule has 0 spiro atoms. The number of hydrogen-bond acceptors (Lipinski definition) is 6. The quantitative estimate of drug-likeness (QED) is 0.160. The van der Waals surface area contributed by atoms with Crippen molar-refractivity contribution in [2.75, 3.05) is 60.7 Å². The van der Waals surface area contributed by atoms with Crippen LogP contribution in [0.4, 0.5) is 0 Å². The van der Waals surface area contributed by atoms with Crippen molar-refractivity contribution in [1.29, 1.82) is 0 Å². The number of hydrogen-bond donors (Lipinski definition) is 2. The summed E-state index contributed by atoms with van der Waals surface area (Å²) >= 11 is 0. The van der Waals surface area contributed by atoms with Crippen LogP contribution in [0, 0.1) is 0 Å². The second-order valence-corrected chi connectivity index (χ2v) is 7.02. The van der Waals surface area contributed by atoms with E-state index < -0.39 is 0 Å². The Labute approximate surface area is 208 Å². The summed E-state index contributed by atoms with van der Waals surface area (Å²) in [4.78, 5) is 10.9. The van der Waals surface area contributed by atoms with Crippen LogP contribution in [0.3, 0.4) is 0 Å². The Kier molecular flexibility index (Phi) is 15.2. The fraction of sp³-hybridized carbons (Fsp3) is 0.478. The predicted molar refractivity (Wildman–Crippen MR) is 139 cm³/mol. The van der Waals surface area contributed by atoms with Gasteiger partial charge in [0.05, 0.1) is 0 Å². The van der Waals surface area contributed by atoms with Crippen LogP contribution >= 0.6 is 24.0 Å². The number of ether oxygens (including phenoxy) is 3. The summed E-state index contributed by atoms with van der Waals surface area (Å²) in [6.45, 7) is 5.11. The maximum absolute atomic E-state index is 5.64. The molecule has 1 aromatic heterocycles. The Hall–Kier alpha value is -2.11. The van der Waals surface area contributed by atoms with Gasteiger partial charge in [0.25, 0.3) is 0 Å². The van der Waals surface area contributed by atoms with Crippen molar-refractivity contribution < 1.29 is 14.2 Å². The number of methoxy groups -OCH3 is 1. The molecule has 32 heavy (non-hydrogen) atoms. The van der Waals surface area contributed by atoms with Crippen LogP contribution in [0.2, 0.25) is 0 Å². The number of aromatic nitrogens is 1. The van der Waals surface area contributed by atoms with Gasteiger partial charge in [-0.3, -0.25) is 4.99 Å². The summed E-state index contributed by atoms with van der Waals surface area (Å²) in [7, 11) is 5.61. The molecule has 0 saturated heterocycles. The SMILES string of the molecule is CN=C(NCCN(C)CCCOC)NCc1ccc(OCCOc2ccccc2)nc1.I. The van der Waals surface area contributed by atoms with Gasteiger partial charge < -0.3 is 29.7 Å². The number of aliphatic imine (C=N–C) groups is 1. The first-order valence-corrected chi connectivity index (χ1v) is 10.6. The second kappa shape index (κ2) is 17.4. The predicted octanol–water partition coefficient (Wildman–Crippen LogP) is 2.79.